The molecule has 0 bridgehead atoms. The van der Waals surface area contributed by atoms with E-state index in [9.17, 15) is 4.79 Å². The van der Waals surface area contributed by atoms with Crippen molar-refractivity contribution in [2.45, 2.75) is 18.7 Å². The molecule has 0 spiro atoms. The van der Waals surface area contributed by atoms with Gasteiger partial charge in [-0.1, -0.05) is 0 Å². The predicted molar refractivity (Wildman–Crippen MR) is 126 cm³/mol. The molecule has 3 rings (SSSR count). The fraction of sp³-hybridized carbons (Fsp3) is 0.500. The minimum absolute atomic E-state index is 0.174. The average molecular weight is 446 g/mol. The zero-order chi connectivity index (χ0) is 22.2. The first-order valence-corrected chi connectivity index (χ1v) is 11.7. The highest BCUT2D eigenvalue weighted by Crippen LogP contribution is 2.25. The number of nitrogens with one attached hydrogen (secondary N) is 1. The van der Waals surface area contributed by atoms with Crippen molar-refractivity contribution >= 4 is 29.3 Å². The number of likely N-dealkylation sites (N-methyl/N-ethyl adjacent to an activating group) is 1. The van der Waals surface area contributed by atoms with Gasteiger partial charge in [0.05, 0.1) is 31.6 Å². The van der Waals surface area contributed by atoms with Crippen molar-refractivity contribution in [1.29, 1.82) is 0 Å². The third-order valence-electron chi connectivity index (χ3n) is 5.09. The Morgan fingerprint density at radius 2 is 2.13 bits per heavy atom. The lowest BCUT2D eigenvalue weighted by atomic mass is 10.2. The van der Waals surface area contributed by atoms with Gasteiger partial charge in [-0.2, -0.15) is 11.8 Å². The van der Waals surface area contributed by atoms with Gasteiger partial charge in [-0.05, 0) is 37.4 Å². The maximum atomic E-state index is 12.3. The largest absolute Gasteiger partial charge is 0.383 e. The number of anilines is 2. The molecule has 1 aliphatic rings. The summed E-state index contributed by atoms with van der Waals surface area (Å²) in [5.41, 5.74) is 2.64. The lowest BCUT2D eigenvalue weighted by Crippen LogP contribution is -2.44. The van der Waals surface area contributed by atoms with Crippen molar-refractivity contribution in [2.24, 2.45) is 0 Å². The van der Waals surface area contributed by atoms with Gasteiger partial charge in [0, 0.05) is 50.3 Å². The van der Waals surface area contributed by atoms with Crippen molar-refractivity contribution in [3.8, 4) is 11.4 Å². The van der Waals surface area contributed by atoms with E-state index in [1.165, 1.54) is 0 Å². The van der Waals surface area contributed by atoms with Gasteiger partial charge >= 0.3 is 6.03 Å². The average Bonchev–Trinajstić information content (AvgIpc) is 2.78. The minimum atomic E-state index is -0.174. The van der Waals surface area contributed by atoms with Crippen LogP contribution in [0.2, 0.25) is 0 Å². The number of hydrogen-bond donors (Lipinski definition) is 1. The van der Waals surface area contributed by atoms with E-state index in [4.69, 9.17) is 19.4 Å². The van der Waals surface area contributed by atoms with Gasteiger partial charge in [0.25, 0.3) is 0 Å². The minimum Gasteiger partial charge on any atom is -0.383 e. The number of ether oxygens (including phenoxy) is 2. The Labute approximate surface area is 188 Å². The molecular formula is C22H31N5O3S. The van der Waals surface area contributed by atoms with E-state index >= 15 is 0 Å². The topological polar surface area (TPSA) is 79.8 Å². The number of benzene rings is 1. The third kappa shape index (κ3) is 6.32. The molecule has 1 saturated heterocycles. The highest BCUT2D eigenvalue weighted by molar-refractivity contribution is 7.97. The SMILES string of the molecule is COCCN(C)C(=O)Nc1ccc(-c2nc(CSC)cc(N3CCOC[C@@H]3C)n2)cc1. The van der Waals surface area contributed by atoms with E-state index in [0.717, 1.165) is 35.1 Å². The monoisotopic (exact) mass is 445 g/mol. The van der Waals surface area contributed by atoms with Crippen LogP contribution < -0.4 is 10.2 Å². The number of morpholine rings is 1. The summed E-state index contributed by atoms with van der Waals surface area (Å²) in [6, 6.07) is 9.80. The fourth-order valence-corrected chi connectivity index (χ4v) is 3.74. The van der Waals surface area contributed by atoms with Crippen LogP contribution in [0.15, 0.2) is 30.3 Å². The number of rotatable bonds is 8. The predicted octanol–water partition coefficient (Wildman–Crippen LogP) is 3.34. The van der Waals surface area contributed by atoms with Gasteiger partial charge < -0.3 is 24.6 Å². The van der Waals surface area contributed by atoms with Gasteiger partial charge in [-0.3, -0.25) is 0 Å². The van der Waals surface area contributed by atoms with Crippen LogP contribution in [0.5, 0.6) is 0 Å². The molecule has 1 aromatic carbocycles. The number of amides is 2. The van der Waals surface area contributed by atoms with Crippen LogP contribution in [0, 0.1) is 0 Å². The number of nitrogens with zero attached hydrogens (tertiary/aromatic N) is 4. The lowest BCUT2D eigenvalue weighted by molar-refractivity contribution is 0.0985. The highest BCUT2D eigenvalue weighted by atomic mass is 32.2. The molecule has 168 valence electrons. The number of thioether (sulfide) groups is 1. The highest BCUT2D eigenvalue weighted by Gasteiger charge is 2.21. The summed E-state index contributed by atoms with van der Waals surface area (Å²) in [6.45, 7) is 5.39. The number of urea groups is 1. The number of carbonyl (C=O) groups is 1. The van der Waals surface area contributed by atoms with Crippen molar-refractivity contribution in [3.05, 3.63) is 36.0 Å². The maximum Gasteiger partial charge on any atom is 0.321 e. The van der Waals surface area contributed by atoms with Gasteiger partial charge in [0.1, 0.15) is 5.82 Å². The molecule has 0 saturated carbocycles. The lowest BCUT2D eigenvalue weighted by Gasteiger charge is -2.34. The summed E-state index contributed by atoms with van der Waals surface area (Å²) in [5.74, 6) is 2.45. The Balaban J connectivity index is 1.79. The molecule has 2 aromatic rings. The first-order valence-electron chi connectivity index (χ1n) is 10.3. The second-order valence-electron chi connectivity index (χ2n) is 7.51. The summed E-state index contributed by atoms with van der Waals surface area (Å²) in [7, 11) is 3.35. The summed E-state index contributed by atoms with van der Waals surface area (Å²) >= 11 is 1.74. The zero-order valence-electron chi connectivity index (χ0n) is 18.6. The van der Waals surface area contributed by atoms with Crippen LogP contribution in [0.4, 0.5) is 16.3 Å². The molecule has 31 heavy (non-hydrogen) atoms. The molecule has 2 amide bonds. The number of carbonyl (C=O) groups excluding carboxylic acids is 1. The Bertz CT molecular complexity index is 865. The molecule has 8 nitrogen and oxygen atoms in total. The van der Waals surface area contributed by atoms with E-state index in [1.54, 1.807) is 30.8 Å². The second-order valence-corrected chi connectivity index (χ2v) is 8.38. The van der Waals surface area contributed by atoms with Crippen molar-refractivity contribution in [2.75, 3.05) is 63.5 Å². The smallest absolute Gasteiger partial charge is 0.321 e. The van der Waals surface area contributed by atoms with Crippen molar-refractivity contribution in [1.82, 2.24) is 14.9 Å². The Morgan fingerprint density at radius 1 is 1.35 bits per heavy atom. The summed E-state index contributed by atoms with van der Waals surface area (Å²) in [4.78, 5) is 25.7. The molecule has 9 heteroatoms. The Hall–Kier alpha value is -2.36. The number of hydrogen-bond acceptors (Lipinski definition) is 7. The van der Waals surface area contributed by atoms with E-state index in [0.29, 0.717) is 32.2 Å². The van der Waals surface area contributed by atoms with Gasteiger partial charge in [0.2, 0.25) is 0 Å². The van der Waals surface area contributed by atoms with Crippen LogP contribution in [0.1, 0.15) is 12.6 Å². The normalized spacial score (nSPS) is 16.3. The summed E-state index contributed by atoms with van der Waals surface area (Å²) < 4.78 is 10.6. The molecule has 1 fully saturated rings. The number of aromatic nitrogens is 2. The maximum absolute atomic E-state index is 12.3. The van der Waals surface area contributed by atoms with Gasteiger partial charge in [-0.15, -0.1) is 0 Å². The van der Waals surface area contributed by atoms with E-state index < -0.39 is 0 Å². The van der Waals surface area contributed by atoms with Crippen LogP contribution in [0.25, 0.3) is 11.4 Å². The molecule has 1 aromatic heterocycles. The molecule has 2 heterocycles. The van der Waals surface area contributed by atoms with E-state index in [-0.39, 0.29) is 12.1 Å². The van der Waals surface area contributed by atoms with Crippen LogP contribution >= 0.6 is 11.8 Å². The molecular weight excluding hydrogens is 414 g/mol. The van der Waals surface area contributed by atoms with Gasteiger partial charge in [-0.25, -0.2) is 14.8 Å². The molecule has 1 atom stereocenters. The molecule has 0 unspecified atom stereocenters. The van der Waals surface area contributed by atoms with E-state index in [2.05, 4.69) is 29.5 Å². The van der Waals surface area contributed by atoms with Crippen molar-refractivity contribution in [3.63, 3.8) is 0 Å². The molecule has 0 aliphatic carbocycles. The molecule has 1 aliphatic heterocycles. The van der Waals surface area contributed by atoms with Crippen LogP contribution in [0.3, 0.4) is 0 Å². The molecule has 0 radical (unpaired) electrons. The standard InChI is InChI=1S/C22H31N5O3S/c1-16-14-30-12-10-27(16)20-13-19(15-31-4)23-21(25-20)17-5-7-18(8-6-17)24-22(28)26(2)9-11-29-3/h5-8,13,16H,9-12,14-15H2,1-4H3,(H,24,28)/t16-/m0/s1. The Morgan fingerprint density at radius 3 is 2.81 bits per heavy atom. The van der Waals surface area contributed by atoms with Crippen molar-refractivity contribution < 1.29 is 14.3 Å². The second kappa shape index (κ2) is 11.3. The van der Waals surface area contributed by atoms with Crippen LogP contribution in [-0.2, 0) is 15.2 Å². The van der Waals surface area contributed by atoms with Crippen LogP contribution in [-0.4, -0.2) is 80.3 Å². The summed E-state index contributed by atoms with van der Waals surface area (Å²) in [5, 5.41) is 2.89. The van der Waals surface area contributed by atoms with Gasteiger partial charge in [0.15, 0.2) is 5.82 Å². The fourth-order valence-electron chi connectivity index (χ4n) is 3.30. The first kappa shape index (κ1) is 23.3. The first-order chi connectivity index (χ1) is 15.0. The summed E-state index contributed by atoms with van der Waals surface area (Å²) in [6.07, 6.45) is 2.07. The molecule has 1 N–H and O–H groups in total. The number of methoxy groups -OCH3 is 1. The quantitative estimate of drug-likeness (QED) is 0.667. The zero-order valence-corrected chi connectivity index (χ0v) is 19.4. The third-order valence-corrected chi connectivity index (χ3v) is 5.68. The van der Waals surface area contributed by atoms with E-state index in [1.807, 2.05) is 24.3 Å². The Kier molecular flexibility index (Phi) is 8.51.